The molecular weight excluding hydrogens is 228 g/mol. The first-order valence-electron chi connectivity index (χ1n) is 7.44. The van der Waals surface area contributed by atoms with Gasteiger partial charge in [0.05, 0.1) is 19.3 Å². The van der Waals surface area contributed by atoms with Gasteiger partial charge in [0, 0.05) is 26.2 Å². The fourth-order valence-electron chi connectivity index (χ4n) is 2.94. The van der Waals surface area contributed by atoms with E-state index in [2.05, 4.69) is 16.7 Å². The minimum absolute atomic E-state index is 0.212. The first-order valence-corrected chi connectivity index (χ1v) is 7.44. The molecule has 1 N–H and O–H groups in total. The number of ether oxygens (including phenoxy) is 1. The fourth-order valence-corrected chi connectivity index (χ4v) is 2.94. The zero-order valence-corrected chi connectivity index (χ0v) is 11.7. The second-order valence-electron chi connectivity index (χ2n) is 5.90. The molecule has 2 heterocycles. The zero-order valence-electron chi connectivity index (χ0n) is 11.7. The molecule has 2 atom stereocenters. The van der Waals surface area contributed by atoms with Crippen LogP contribution in [0.15, 0.2) is 0 Å². The van der Waals surface area contributed by atoms with E-state index >= 15 is 0 Å². The van der Waals surface area contributed by atoms with E-state index in [1.54, 1.807) is 0 Å². The Morgan fingerprint density at radius 1 is 1.06 bits per heavy atom. The number of β-amino-alcohol motifs (C(OH)–C–C–N with tert-alkyl or cyclic N) is 1. The van der Waals surface area contributed by atoms with Gasteiger partial charge in [-0.2, -0.15) is 0 Å². The Labute approximate surface area is 111 Å². The van der Waals surface area contributed by atoms with Crippen molar-refractivity contribution in [1.29, 1.82) is 0 Å². The molecule has 0 radical (unpaired) electrons. The van der Waals surface area contributed by atoms with Crippen LogP contribution in [0.2, 0.25) is 0 Å². The number of rotatable bonds is 4. The maximum atomic E-state index is 10.2. The van der Waals surface area contributed by atoms with Crippen LogP contribution in [0.5, 0.6) is 0 Å². The van der Waals surface area contributed by atoms with Gasteiger partial charge in [-0.15, -0.1) is 0 Å². The number of aliphatic hydroxyl groups is 1. The van der Waals surface area contributed by atoms with Gasteiger partial charge in [-0.25, -0.2) is 0 Å². The van der Waals surface area contributed by atoms with Crippen LogP contribution in [-0.4, -0.2) is 73.5 Å². The molecular formula is C14H28N2O2. The molecule has 2 aliphatic heterocycles. The van der Waals surface area contributed by atoms with E-state index in [1.165, 1.54) is 19.3 Å². The van der Waals surface area contributed by atoms with Crippen molar-refractivity contribution < 1.29 is 9.84 Å². The summed E-state index contributed by atoms with van der Waals surface area (Å²) in [5.41, 5.74) is 0. The van der Waals surface area contributed by atoms with Crippen molar-refractivity contribution in [3.05, 3.63) is 0 Å². The summed E-state index contributed by atoms with van der Waals surface area (Å²) in [6, 6.07) is 0. The third-order valence-electron chi connectivity index (χ3n) is 4.15. The molecule has 2 fully saturated rings. The quantitative estimate of drug-likeness (QED) is 0.807. The van der Waals surface area contributed by atoms with Crippen molar-refractivity contribution in [2.45, 2.75) is 32.3 Å². The van der Waals surface area contributed by atoms with Gasteiger partial charge in [-0.1, -0.05) is 6.92 Å². The first kappa shape index (κ1) is 14.3. The maximum Gasteiger partial charge on any atom is 0.0793 e. The lowest BCUT2D eigenvalue weighted by molar-refractivity contribution is 0.00712. The van der Waals surface area contributed by atoms with E-state index in [1.807, 2.05) is 0 Å². The van der Waals surface area contributed by atoms with Crippen LogP contribution in [0.4, 0.5) is 0 Å². The Bertz CT molecular complexity index is 232. The number of morpholine rings is 1. The SMILES string of the molecule is CC1CCCN(CC(O)CN2CCOCC2)CC1. The van der Waals surface area contributed by atoms with Gasteiger partial charge in [0.25, 0.3) is 0 Å². The molecule has 0 aliphatic carbocycles. The average molecular weight is 256 g/mol. The Kier molecular flexibility index (Phi) is 5.89. The van der Waals surface area contributed by atoms with Crippen LogP contribution in [-0.2, 0) is 4.74 Å². The lowest BCUT2D eigenvalue weighted by Gasteiger charge is -2.30. The molecule has 4 heteroatoms. The van der Waals surface area contributed by atoms with Gasteiger partial charge in [0.1, 0.15) is 0 Å². The number of hydrogen-bond donors (Lipinski definition) is 1. The highest BCUT2D eigenvalue weighted by atomic mass is 16.5. The molecule has 0 saturated carbocycles. The van der Waals surface area contributed by atoms with E-state index in [9.17, 15) is 5.11 Å². The summed E-state index contributed by atoms with van der Waals surface area (Å²) in [7, 11) is 0. The van der Waals surface area contributed by atoms with Crippen molar-refractivity contribution in [3.63, 3.8) is 0 Å². The van der Waals surface area contributed by atoms with Gasteiger partial charge in [0.2, 0.25) is 0 Å². The van der Waals surface area contributed by atoms with Crippen molar-refractivity contribution in [3.8, 4) is 0 Å². The highest BCUT2D eigenvalue weighted by molar-refractivity contribution is 4.74. The number of aliphatic hydroxyl groups excluding tert-OH is 1. The third-order valence-corrected chi connectivity index (χ3v) is 4.15. The largest absolute Gasteiger partial charge is 0.390 e. The molecule has 2 unspecified atom stereocenters. The summed E-state index contributed by atoms with van der Waals surface area (Å²) in [6.07, 6.45) is 3.70. The van der Waals surface area contributed by atoms with Gasteiger partial charge < -0.3 is 14.7 Å². The fraction of sp³-hybridized carbons (Fsp3) is 1.00. The van der Waals surface area contributed by atoms with Crippen molar-refractivity contribution in [2.75, 3.05) is 52.5 Å². The monoisotopic (exact) mass is 256 g/mol. The lowest BCUT2D eigenvalue weighted by Crippen LogP contribution is -2.44. The van der Waals surface area contributed by atoms with Crippen LogP contribution in [0, 0.1) is 5.92 Å². The predicted molar refractivity (Wildman–Crippen MR) is 72.7 cm³/mol. The van der Waals surface area contributed by atoms with Crippen molar-refractivity contribution >= 4 is 0 Å². The molecule has 2 rings (SSSR count). The highest BCUT2D eigenvalue weighted by Gasteiger charge is 2.19. The normalized spacial score (nSPS) is 30.0. The molecule has 18 heavy (non-hydrogen) atoms. The second kappa shape index (κ2) is 7.43. The molecule has 0 aromatic rings. The van der Waals surface area contributed by atoms with E-state index in [0.717, 1.165) is 58.4 Å². The van der Waals surface area contributed by atoms with E-state index in [4.69, 9.17) is 4.74 Å². The number of likely N-dealkylation sites (tertiary alicyclic amines) is 1. The molecule has 0 aromatic heterocycles. The Hall–Kier alpha value is -0.160. The Morgan fingerprint density at radius 3 is 2.44 bits per heavy atom. The van der Waals surface area contributed by atoms with Crippen LogP contribution < -0.4 is 0 Å². The van der Waals surface area contributed by atoms with Crippen LogP contribution in [0.1, 0.15) is 26.2 Å². The zero-order chi connectivity index (χ0) is 12.8. The average Bonchev–Trinajstić information content (AvgIpc) is 2.56. The standard InChI is InChI=1S/C14H28N2O2/c1-13-3-2-5-15(6-4-13)11-14(17)12-16-7-9-18-10-8-16/h13-14,17H,2-12H2,1H3. The second-order valence-corrected chi connectivity index (χ2v) is 5.90. The number of hydrogen-bond acceptors (Lipinski definition) is 4. The molecule has 106 valence electrons. The van der Waals surface area contributed by atoms with Crippen LogP contribution >= 0.6 is 0 Å². The van der Waals surface area contributed by atoms with Crippen LogP contribution in [0.3, 0.4) is 0 Å². The molecule has 2 saturated heterocycles. The van der Waals surface area contributed by atoms with Crippen LogP contribution in [0.25, 0.3) is 0 Å². The summed E-state index contributed by atoms with van der Waals surface area (Å²) >= 11 is 0. The summed E-state index contributed by atoms with van der Waals surface area (Å²) in [5, 5.41) is 10.2. The summed E-state index contributed by atoms with van der Waals surface area (Å²) < 4.78 is 5.33. The summed E-state index contributed by atoms with van der Waals surface area (Å²) in [4.78, 5) is 4.75. The minimum Gasteiger partial charge on any atom is -0.390 e. The minimum atomic E-state index is -0.212. The lowest BCUT2D eigenvalue weighted by atomic mass is 10.0. The van der Waals surface area contributed by atoms with Crippen molar-refractivity contribution in [1.82, 2.24) is 9.80 Å². The topological polar surface area (TPSA) is 35.9 Å². The van der Waals surface area contributed by atoms with E-state index in [-0.39, 0.29) is 6.10 Å². The number of nitrogens with zero attached hydrogens (tertiary/aromatic N) is 2. The van der Waals surface area contributed by atoms with Crippen molar-refractivity contribution in [2.24, 2.45) is 5.92 Å². The highest BCUT2D eigenvalue weighted by Crippen LogP contribution is 2.16. The summed E-state index contributed by atoms with van der Waals surface area (Å²) in [5.74, 6) is 0.853. The molecule has 0 aromatic carbocycles. The van der Waals surface area contributed by atoms with Gasteiger partial charge in [0.15, 0.2) is 0 Å². The molecule has 4 nitrogen and oxygen atoms in total. The van der Waals surface area contributed by atoms with E-state index in [0.29, 0.717) is 0 Å². The third kappa shape index (κ3) is 4.84. The Balaban J connectivity index is 1.67. The predicted octanol–water partition coefficient (Wildman–Crippen LogP) is 0.802. The van der Waals surface area contributed by atoms with Gasteiger partial charge in [-0.3, -0.25) is 4.90 Å². The summed E-state index contributed by atoms with van der Waals surface area (Å²) in [6.45, 7) is 9.85. The van der Waals surface area contributed by atoms with Gasteiger partial charge in [-0.05, 0) is 38.3 Å². The molecule has 0 spiro atoms. The first-order chi connectivity index (χ1) is 8.74. The van der Waals surface area contributed by atoms with E-state index < -0.39 is 0 Å². The molecule has 2 aliphatic rings. The van der Waals surface area contributed by atoms with Gasteiger partial charge >= 0.3 is 0 Å². The Morgan fingerprint density at radius 2 is 1.72 bits per heavy atom. The smallest absolute Gasteiger partial charge is 0.0793 e. The molecule has 0 bridgehead atoms. The molecule has 0 amide bonds. The maximum absolute atomic E-state index is 10.2.